The number of halogens is 3. The lowest BCUT2D eigenvalue weighted by Gasteiger charge is -2.22. The van der Waals surface area contributed by atoms with Crippen LogP contribution in [0.25, 0.3) is 0 Å². The van der Waals surface area contributed by atoms with Gasteiger partial charge in [0, 0.05) is 0 Å². The van der Waals surface area contributed by atoms with E-state index in [0.29, 0.717) is 0 Å². The van der Waals surface area contributed by atoms with Crippen molar-refractivity contribution in [2.75, 3.05) is 0 Å². The number of carboxylic acid groups (broad SMARTS) is 2. The minimum Gasteiger partial charge on any atom is -0.480 e. The van der Waals surface area contributed by atoms with E-state index < -0.39 is 24.2 Å². The first-order chi connectivity index (χ1) is 6.80. The summed E-state index contributed by atoms with van der Waals surface area (Å²) in [5.74, 6) is -3.70. The maximum absolute atomic E-state index is 10.6. The molecule has 1 unspecified atom stereocenters. The molecule has 8 heteroatoms. The van der Waals surface area contributed by atoms with Crippen LogP contribution in [0, 0.1) is 5.41 Å². The molecule has 0 aromatic carbocycles. The molecular formula is C8H14F3NO4. The second-order valence-electron chi connectivity index (χ2n) is 3.98. The van der Waals surface area contributed by atoms with Crippen LogP contribution in [-0.4, -0.2) is 34.4 Å². The Bertz CT molecular complexity index is 257. The van der Waals surface area contributed by atoms with Crippen molar-refractivity contribution in [3.8, 4) is 0 Å². The molecule has 1 atom stereocenters. The molecule has 0 fully saturated rings. The lowest BCUT2D eigenvalue weighted by Crippen LogP contribution is -2.41. The van der Waals surface area contributed by atoms with Crippen LogP contribution >= 0.6 is 0 Å². The molecule has 96 valence electrons. The van der Waals surface area contributed by atoms with Crippen LogP contribution < -0.4 is 5.73 Å². The van der Waals surface area contributed by atoms with Crippen LogP contribution in [-0.2, 0) is 9.59 Å². The quantitative estimate of drug-likeness (QED) is 0.641. The van der Waals surface area contributed by atoms with E-state index in [1.807, 2.05) is 0 Å². The lowest BCUT2D eigenvalue weighted by atomic mass is 9.88. The summed E-state index contributed by atoms with van der Waals surface area (Å²) in [6.45, 7) is 5.39. The van der Waals surface area contributed by atoms with Crippen LogP contribution in [0.3, 0.4) is 0 Å². The third-order valence-electron chi connectivity index (χ3n) is 1.44. The van der Waals surface area contributed by atoms with Gasteiger partial charge >= 0.3 is 18.1 Å². The zero-order valence-corrected chi connectivity index (χ0v) is 9.00. The number of aliphatic carboxylic acids is 2. The molecule has 0 saturated carbocycles. The predicted molar refractivity (Wildman–Crippen MR) is 48.8 cm³/mol. The fourth-order valence-electron chi connectivity index (χ4n) is 0.370. The summed E-state index contributed by atoms with van der Waals surface area (Å²) in [7, 11) is 0. The van der Waals surface area contributed by atoms with Gasteiger partial charge in [-0.25, -0.2) is 4.79 Å². The molecule has 0 rings (SSSR count). The Labute approximate surface area is 90.0 Å². The minimum atomic E-state index is -5.08. The first kappa shape index (κ1) is 17.1. The first-order valence-corrected chi connectivity index (χ1v) is 4.08. The Morgan fingerprint density at radius 3 is 1.38 bits per heavy atom. The summed E-state index contributed by atoms with van der Waals surface area (Å²) in [5.41, 5.74) is 4.95. The minimum absolute atomic E-state index is 0.341. The van der Waals surface area contributed by atoms with E-state index in [1.54, 1.807) is 20.8 Å². The third-order valence-corrected chi connectivity index (χ3v) is 1.44. The van der Waals surface area contributed by atoms with E-state index in [1.165, 1.54) is 0 Å². The lowest BCUT2D eigenvalue weighted by molar-refractivity contribution is -0.192. The smallest absolute Gasteiger partial charge is 0.480 e. The van der Waals surface area contributed by atoms with E-state index in [9.17, 15) is 18.0 Å². The molecule has 0 aliphatic carbocycles. The van der Waals surface area contributed by atoms with E-state index in [0.717, 1.165) is 0 Å². The van der Waals surface area contributed by atoms with Gasteiger partial charge in [0.15, 0.2) is 0 Å². The van der Waals surface area contributed by atoms with Crippen molar-refractivity contribution in [2.45, 2.75) is 33.0 Å². The van der Waals surface area contributed by atoms with Gasteiger partial charge in [0.05, 0.1) is 0 Å². The number of hydrogen-bond acceptors (Lipinski definition) is 3. The zero-order chi connectivity index (χ0) is 13.7. The van der Waals surface area contributed by atoms with Gasteiger partial charge in [0.25, 0.3) is 0 Å². The summed E-state index contributed by atoms with van der Waals surface area (Å²) in [6, 6.07) is -0.766. The van der Waals surface area contributed by atoms with Gasteiger partial charge in [0.2, 0.25) is 0 Å². The third kappa shape index (κ3) is 8.04. The Hall–Kier alpha value is -1.31. The van der Waals surface area contributed by atoms with Crippen LogP contribution in [0.15, 0.2) is 0 Å². The molecule has 5 nitrogen and oxygen atoms in total. The maximum Gasteiger partial charge on any atom is 0.490 e. The van der Waals surface area contributed by atoms with E-state index in [4.69, 9.17) is 20.7 Å². The average Bonchev–Trinajstić information content (AvgIpc) is 2.00. The maximum atomic E-state index is 10.6. The fraction of sp³-hybridized carbons (Fsp3) is 0.750. The number of carbonyl (C=O) groups is 2. The normalized spacial score (nSPS) is 13.4. The van der Waals surface area contributed by atoms with Crippen LogP contribution in [0.1, 0.15) is 20.8 Å². The SMILES string of the molecule is CC(C)(C)C(N)C(=O)O.O=C(O)C(F)(F)F. The van der Waals surface area contributed by atoms with Crippen molar-refractivity contribution in [1.29, 1.82) is 0 Å². The molecule has 0 heterocycles. The van der Waals surface area contributed by atoms with E-state index in [-0.39, 0.29) is 5.41 Å². The van der Waals surface area contributed by atoms with Crippen molar-refractivity contribution >= 4 is 11.9 Å². The molecule has 0 aromatic heterocycles. The number of hydrogen-bond donors (Lipinski definition) is 3. The van der Waals surface area contributed by atoms with Gasteiger partial charge in [-0.2, -0.15) is 13.2 Å². The van der Waals surface area contributed by atoms with Gasteiger partial charge < -0.3 is 15.9 Å². The second-order valence-corrected chi connectivity index (χ2v) is 3.98. The van der Waals surface area contributed by atoms with E-state index >= 15 is 0 Å². The molecular weight excluding hydrogens is 231 g/mol. The highest BCUT2D eigenvalue weighted by atomic mass is 19.4. The number of alkyl halides is 3. The van der Waals surface area contributed by atoms with Crippen LogP contribution in [0.2, 0.25) is 0 Å². The molecule has 0 saturated heterocycles. The summed E-state index contributed by atoms with van der Waals surface area (Å²) in [5, 5.41) is 15.5. The summed E-state index contributed by atoms with van der Waals surface area (Å²) in [4.78, 5) is 19.1. The van der Waals surface area contributed by atoms with Gasteiger partial charge in [-0.15, -0.1) is 0 Å². The largest absolute Gasteiger partial charge is 0.490 e. The first-order valence-electron chi connectivity index (χ1n) is 4.08. The van der Waals surface area contributed by atoms with Crippen molar-refractivity contribution in [3.63, 3.8) is 0 Å². The highest BCUT2D eigenvalue weighted by molar-refractivity contribution is 5.74. The Morgan fingerprint density at radius 1 is 1.12 bits per heavy atom. The highest BCUT2D eigenvalue weighted by Gasteiger charge is 2.38. The zero-order valence-electron chi connectivity index (χ0n) is 9.00. The standard InChI is InChI=1S/C6H13NO2.C2HF3O2/c1-6(2,3)4(7)5(8)9;3-2(4,5)1(6)7/h4H,7H2,1-3H3,(H,8,9);(H,6,7). The Morgan fingerprint density at radius 2 is 1.38 bits per heavy atom. The monoisotopic (exact) mass is 245 g/mol. The molecule has 0 amide bonds. The Balaban J connectivity index is 0. The highest BCUT2D eigenvalue weighted by Crippen LogP contribution is 2.16. The number of rotatable bonds is 1. The average molecular weight is 245 g/mol. The van der Waals surface area contributed by atoms with Crippen molar-refractivity contribution in [1.82, 2.24) is 0 Å². The molecule has 0 aliphatic rings. The summed E-state index contributed by atoms with van der Waals surface area (Å²) in [6.07, 6.45) is -5.08. The van der Waals surface area contributed by atoms with Gasteiger partial charge in [-0.3, -0.25) is 4.79 Å². The molecule has 0 bridgehead atoms. The van der Waals surface area contributed by atoms with Gasteiger partial charge in [-0.1, -0.05) is 20.8 Å². The number of carboxylic acids is 2. The fourth-order valence-corrected chi connectivity index (χ4v) is 0.370. The van der Waals surface area contributed by atoms with Crippen molar-refractivity contribution in [2.24, 2.45) is 11.1 Å². The predicted octanol–water partition coefficient (Wildman–Crippen LogP) is 1.08. The van der Waals surface area contributed by atoms with Crippen LogP contribution in [0.4, 0.5) is 13.2 Å². The molecule has 0 aromatic rings. The second kappa shape index (κ2) is 5.69. The van der Waals surface area contributed by atoms with Gasteiger partial charge in [-0.05, 0) is 5.41 Å². The molecule has 0 spiro atoms. The molecule has 4 N–H and O–H groups in total. The number of nitrogens with two attached hydrogens (primary N) is 1. The topological polar surface area (TPSA) is 101 Å². The van der Waals surface area contributed by atoms with Crippen LogP contribution in [0.5, 0.6) is 0 Å². The van der Waals surface area contributed by atoms with Crippen molar-refractivity contribution in [3.05, 3.63) is 0 Å². The summed E-state index contributed by atoms with van der Waals surface area (Å²) >= 11 is 0. The molecule has 0 aliphatic heterocycles. The Kier molecular flexibility index (Phi) is 6.08. The van der Waals surface area contributed by atoms with E-state index in [2.05, 4.69) is 0 Å². The van der Waals surface area contributed by atoms with Gasteiger partial charge in [0.1, 0.15) is 6.04 Å². The molecule has 0 radical (unpaired) electrons. The van der Waals surface area contributed by atoms with Crippen molar-refractivity contribution < 1.29 is 33.0 Å². The molecule has 16 heavy (non-hydrogen) atoms. The summed E-state index contributed by atoms with van der Waals surface area (Å²) < 4.78 is 31.7.